The van der Waals surface area contributed by atoms with Crippen molar-refractivity contribution < 1.29 is 23.9 Å². The van der Waals surface area contributed by atoms with Crippen molar-refractivity contribution in [2.75, 3.05) is 16.8 Å². The number of nitrogens with one attached hydrogen (secondary N) is 1. The van der Waals surface area contributed by atoms with Gasteiger partial charge in [-0.3, -0.25) is 19.3 Å². The molecule has 1 N–H and O–H groups in total. The van der Waals surface area contributed by atoms with Crippen LogP contribution in [0.2, 0.25) is 0 Å². The molecule has 2 aliphatic rings. The van der Waals surface area contributed by atoms with E-state index in [9.17, 15) is 19.2 Å². The van der Waals surface area contributed by atoms with Crippen LogP contribution in [0.5, 0.6) is 0 Å². The van der Waals surface area contributed by atoms with E-state index in [1.807, 2.05) is 44.2 Å². The molecule has 194 valence electrons. The van der Waals surface area contributed by atoms with E-state index in [-0.39, 0.29) is 35.1 Å². The third kappa shape index (κ3) is 4.96. The second kappa shape index (κ2) is 10.6. The van der Waals surface area contributed by atoms with Crippen molar-refractivity contribution in [3.63, 3.8) is 0 Å². The van der Waals surface area contributed by atoms with Crippen molar-refractivity contribution in [3.8, 4) is 0 Å². The molecule has 0 unspecified atom stereocenters. The predicted octanol–water partition coefficient (Wildman–Crippen LogP) is 5.17. The summed E-state index contributed by atoms with van der Waals surface area (Å²) in [7, 11) is 0. The fraction of sp³-hybridized carbons (Fsp3) is 0.290. The van der Waals surface area contributed by atoms with Crippen LogP contribution >= 0.6 is 0 Å². The Morgan fingerprint density at radius 1 is 0.868 bits per heavy atom. The minimum absolute atomic E-state index is 0.176. The smallest absolute Gasteiger partial charge is 0.338 e. The molecule has 2 fully saturated rings. The average molecular weight is 511 g/mol. The number of amides is 3. The number of carbonyl (C=O) groups excluding carboxylic acids is 4. The normalized spacial score (nSPS) is 20.7. The maximum Gasteiger partial charge on any atom is 0.338 e. The molecule has 1 saturated heterocycles. The average Bonchev–Trinajstić information content (AvgIpc) is 3.19. The summed E-state index contributed by atoms with van der Waals surface area (Å²) in [6.07, 6.45) is 2.21. The Morgan fingerprint density at radius 3 is 2.32 bits per heavy atom. The lowest BCUT2D eigenvalue weighted by Gasteiger charge is -2.28. The van der Waals surface area contributed by atoms with Gasteiger partial charge < -0.3 is 10.1 Å². The van der Waals surface area contributed by atoms with Gasteiger partial charge in [0, 0.05) is 5.69 Å². The number of aryl methyl sites for hydroxylation is 1. The summed E-state index contributed by atoms with van der Waals surface area (Å²) in [6.45, 7) is 3.43. The van der Waals surface area contributed by atoms with Gasteiger partial charge in [-0.1, -0.05) is 42.5 Å². The first-order valence-corrected chi connectivity index (χ1v) is 12.9. The highest BCUT2D eigenvalue weighted by Crippen LogP contribution is 2.45. The fourth-order valence-corrected chi connectivity index (χ4v) is 5.50. The highest BCUT2D eigenvalue weighted by atomic mass is 16.5. The zero-order valence-corrected chi connectivity index (χ0v) is 21.5. The first-order valence-electron chi connectivity index (χ1n) is 12.9. The maximum atomic E-state index is 13.3. The number of imide groups is 1. The molecule has 0 radical (unpaired) electrons. The number of hydrogen-bond donors (Lipinski definition) is 1. The van der Waals surface area contributed by atoms with Crippen molar-refractivity contribution in [1.29, 1.82) is 0 Å². The van der Waals surface area contributed by atoms with Crippen LogP contribution in [0.3, 0.4) is 0 Å². The van der Waals surface area contributed by atoms with Crippen LogP contribution in [0.25, 0.3) is 0 Å². The molecule has 0 bridgehead atoms. The van der Waals surface area contributed by atoms with Gasteiger partial charge in [0.2, 0.25) is 11.8 Å². The molecule has 38 heavy (non-hydrogen) atoms. The van der Waals surface area contributed by atoms with Crippen molar-refractivity contribution in [1.82, 2.24) is 0 Å². The lowest BCUT2D eigenvalue weighted by atomic mass is 9.73. The Bertz CT molecular complexity index is 1380. The molecule has 3 aromatic rings. The molecule has 0 aromatic heterocycles. The van der Waals surface area contributed by atoms with Gasteiger partial charge in [0.05, 0.1) is 23.1 Å². The molecule has 7 nitrogen and oxygen atoms in total. The molecule has 1 heterocycles. The van der Waals surface area contributed by atoms with Crippen LogP contribution in [0.4, 0.5) is 11.4 Å². The van der Waals surface area contributed by atoms with E-state index < -0.39 is 18.5 Å². The Balaban J connectivity index is 1.20. The zero-order valence-electron chi connectivity index (χ0n) is 21.5. The lowest BCUT2D eigenvalue weighted by molar-refractivity contribution is -0.122. The molecule has 1 aliphatic heterocycles. The second-order valence-electron chi connectivity index (χ2n) is 10.1. The number of nitrogens with zero attached hydrogens (tertiary/aromatic N) is 1. The predicted molar refractivity (Wildman–Crippen MR) is 144 cm³/mol. The Labute approximate surface area is 221 Å². The standard InChI is InChI=1S/C31H30N2O5/c1-19-7-6-10-27(20(19)2)32-28(34)18-38-31(37)22-11-14-24(15-12-22)33-29(35)25-16-13-23(17-26(25)30(33)36)21-8-4-3-5-9-21/h3-12,14-15,23,25-26H,13,16-18H2,1-2H3,(H,32,34)/t23-,25+,26-/m0/s1. The van der Waals surface area contributed by atoms with Gasteiger partial charge in [-0.2, -0.15) is 0 Å². The second-order valence-corrected chi connectivity index (χ2v) is 10.1. The van der Waals surface area contributed by atoms with E-state index in [0.717, 1.165) is 17.5 Å². The van der Waals surface area contributed by atoms with E-state index in [2.05, 4.69) is 17.4 Å². The monoisotopic (exact) mass is 510 g/mol. The van der Waals surface area contributed by atoms with Crippen molar-refractivity contribution in [2.24, 2.45) is 11.8 Å². The minimum atomic E-state index is -0.661. The molecule has 1 aliphatic carbocycles. The van der Waals surface area contributed by atoms with E-state index in [4.69, 9.17) is 4.74 Å². The number of benzene rings is 3. The Kier molecular flexibility index (Phi) is 7.09. The van der Waals surface area contributed by atoms with Gasteiger partial charge in [-0.15, -0.1) is 0 Å². The number of hydrogen-bond acceptors (Lipinski definition) is 5. The SMILES string of the molecule is Cc1cccc(NC(=O)COC(=O)c2ccc(N3C(=O)[C@H]4C[C@@H](c5ccccc5)CC[C@H]4C3=O)cc2)c1C. The van der Waals surface area contributed by atoms with E-state index in [1.165, 1.54) is 22.6 Å². The summed E-state index contributed by atoms with van der Waals surface area (Å²) in [4.78, 5) is 52.5. The van der Waals surface area contributed by atoms with Crippen molar-refractivity contribution >= 4 is 35.1 Å². The third-order valence-electron chi connectivity index (χ3n) is 7.77. The molecule has 1 saturated carbocycles. The largest absolute Gasteiger partial charge is 0.452 e. The quantitative estimate of drug-likeness (QED) is 0.365. The topological polar surface area (TPSA) is 92.8 Å². The molecule has 3 aromatic carbocycles. The third-order valence-corrected chi connectivity index (χ3v) is 7.77. The van der Waals surface area contributed by atoms with Crippen molar-refractivity contribution in [2.45, 2.75) is 39.0 Å². The first-order chi connectivity index (χ1) is 18.3. The summed E-state index contributed by atoms with van der Waals surface area (Å²) in [5.74, 6) is -1.83. The van der Waals surface area contributed by atoms with Crippen LogP contribution in [0.15, 0.2) is 72.8 Å². The van der Waals surface area contributed by atoms with Gasteiger partial charge in [0.25, 0.3) is 5.91 Å². The van der Waals surface area contributed by atoms with E-state index in [0.29, 0.717) is 24.2 Å². The molecule has 5 rings (SSSR count). The zero-order chi connectivity index (χ0) is 26.8. The number of fused-ring (bicyclic) bond motifs is 1. The Hall–Kier alpha value is -4.26. The van der Waals surface area contributed by atoms with Crippen LogP contribution in [-0.2, 0) is 19.1 Å². The maximum absolute atomic E-state index is 13.3. The van der Waals surface area contributed by atoms with E-state index in [1.54, 1.807) is 18.2 Å². The number of rotatable bonds is 6. The van der Waals surface area contributed by atoms with Gasteiger partial charge in [0.15, 0.2) is 6.61 Å². The lowest BCUT2D eigenvalue weighted by Crippen LogP contribution is -2.30. The summed E-state index contributed by atoms with van der Waals surface area (Å²) in [6, 6.07) is 21.9. The molecule has 0 spiro atoms. The van der Waals surface area contributed by atoms with Crippen molar-refractivity contribution in [3.05, 3.63) is 95.1 Å². The van der Waals surface area contributed by atoms with E-state index >= 15 is 0 Å². The summed E-state index contributed by atoms with van der Waals surface area (Å²) < 4.78 is 5.17. The number of anilines is 2. The van der Waals surface area contributed by atoms with Crippen LogP contribution in [-0.4, -0.2) is 30.3 Å². The highest BCUT2D eigenvalue weighted by molar-refractivity contribution is 6.22. The number of esters is 1. The molecule has 3 atom stereocenters. The number of ether oxygens (including phenoxy) is 1. The van der Waals surface area contributed by atoms with Crippen LogP contribution in [0, 0.1) is 25.7 Å². The van der Waals surface area contributed by atoms with Crippen LogP contribution in [0.1, 0.15) is 52.2 Å². The number of carbonyl (C=O) groups is 4. The molecule has 3 amide bonds. The molecule has 7 heteroatoms. The molecular formula is C31H30N2O5. The summed E-state index contributed by atoms with van der Waals surface area (Å²) in [5, 5.41) is 2.75. The summed E-state index contributed by atoms with van der Waals surface area (Å²) in [5.41, 5.74) is 4.54. The minimum Gasteiger partial charge on any atom is -0.452 e. The Morgan fingerprint density at radius 2 is 1.58 bits per heavy atom. The van der Waals surface area contributed by atoms with Gasteiger partial charge in [-0.05, 0) is 86.1 Å². The first kappa shape index (κ1) is 25.4. The summed E-state index contributed by atoms with van der Waals surface area (Å²) >= 11 is 0. The fourth-order valence-electron chi connectivity index (χ4n) is 5.50. The van der Waals surface area contributed by atoms with Gasteiger partial charge in [0.1, 0.15) is 0 Å². The molecular weight excluding hydrogens is 480 g/mol. The van der Waals surface area contributed by atoms with Crippen LogP contribution < -0.4 is 10.2 Å². The van der Waals surface area contributed by atoms with Gasteiger partial charge in [-0.25, -0.2) is 4.79 Å². The van der Waals surface area contributed by atoms with Gasteiger partial charge >= 0.3 is 5.97 Å². The highest BCUT2D eigenvalue weighted by Gasteiger charge is 2.50.